The third-order valence-electron chi connectivity index (χ3n) is 5.10. The molecule has 1 aliphatic rings. The summed E-state index contributed by atoms with van der Waals surface area (Å²) >= 11 is 0. The van der Waals surface area contributed by atoms with Gasteiger partial charge in [-0.1, -0.05) is 40.8 Å². The Balaban J connectivity index is 3.06. The summed E-state index contributed by atoms with van der Waals surface area (Å²) in [5, 5.41) is 9.54. The lowest BCUT2D eigenvalue weighted by Crippen LogP contribution is -2.69. The number of aliphatic hydroxyl groups is 1. The Morgan fingerprint density at radius 3 is 2.32 bits per heavy atom. The van der Waals surface area contributed by atoms with E-state index in [-0.39, 0.29) is 41.6 Å². The summed E-state index contributed by atoms with van der Waals surface area (Å²) in [5.41, 5.74) is 0.00889. The Hall–Kier alpha value is -0.683. The molecule has 0 aromatic carbocycles. The third-order valence-corrected chi connectivity index (χ3v) is 11.1. The first-order chi connectivity index (χ1) is 8.59. The zero-order valence-corrected chi connectivity index (χ0v) is 13.9. The van der Waals surface area contributed by atoms with Gasteiger partial charge in [-0.25, -0.2) is 0 Å². The average Bonchev–Trinajstić information content (AvgIpc) is 2.29. The zero-order valence-electron chi connectivity index (χ0n) is 12.9. The molecule has 1 saturated heterocycles. The normalized spacial score (nSPS) is 26.1. The topological polar surface area (TPSA) is 57.6 Å². The summed E-state index contributed by atoms with van der Waals surface area (Å²) in [6.45, 7) is 13.2. The van der Waals surface area contributed by atoms with Crippen molar-refractivity contribution in [2.24, 2.45) is 5.92 Å². The van der Waals surface area contributed by atoms with Crippen LogP contribution < -0.4 is 0 Å². The SMILES string of the molecule is CC(CO)C1C([Si](C)(C)C(C)(C)C)C(=O)N1CC=O. The predicted molar refractivity (Wildman–Crippen MR) is 78.8 cm³/mol. The van der Waals surface area contributed by atoms with Crippen molar-refractivity contribution in [3.63, 3.8) is 0 Å². The standard InChI is InChI=1S/C14H27NO3Si/c1-10(9-17)11-12(13(18)15(11)7-8-16)19(5,6)14(2,3)4/h8,10-12,17H,7,9H2,1-6H3. The van der Waals surface area contributed by atoms with Crippen LogP contribution in [0.2, 0.25) is 23.7 Å². The van der Waals surface area contributed by atoms with E-state index in [2.05, 4.69) is 33.9 Å². The molecule has 1 aliphatic heterocycles. The fraction of sp³-hybridized carbons (Fsp3) is 0.857. The van der Waals surface area contributed by atoms with E-state index < -0.39 is 8.07 Å². The van der Waals surface area contributed by atoms with Crippen molar-refractivity contribution in [1.29, 1.82) is 0 Å². The highest BCUT2D eigenvalue weighted by Crippen LogP contribution is 2.52. The van der Waals surface area contributed by atoms with Gasteiger partial charge in [0.25, 0.3) is 0 Å². The minimum Gasteiger partial charge on any atom is -0.396 e. The number of hydrogen-bond acceptors (Lipinski definition) is 3. The van der Waals surface area contributed by atoms with E-state index in [9.17, 15) is 14.7 Å². The second-order valence-corrected chi connectivity index (χ2v) is 12.8. The van der Waals surface area contributed by atoms with Crippen LogP contribution in [0.25, 0.3) is 0 Å². The van der Waals surface area contributed by atoms with Crippen molar-refractivity contribution in [2.45, 2.75) is 57.4 Å². The highest BCUT2D eigenvalue weighted by Gasteiger charge is 2.59. The number of hydrogen-bond donors (Lipinski definition) is 1. The molecule has 1 heterocycles. The molecule has 1 N–H and O–H groups in total. The van der Waals surface area contributed by atoms with Crippen LogP contribution in [0.5, 0.6) is 0 Å². The van der Waals surface area contributed by atoms with Crippen LogP contribution in [0.15, 0.2) is 0 Å². The molecular weight excluding hydrogens is 258 g/mol. The number of β-lactam (4-membered cyclic amide) rings is 1. The van der Waals surface area contributed by atoms with Crippen LogP contribution in [0.3, 0.4) is 0 Å². The molecule has 1 rings (SSSR count). The largest absolute Gasteiger partial charge is 0.396 e. The number of carbonyl (C=O) groups excluding carboxylic acids is 2. The van der Waals surface area contributed by atoms with Gasteiger partial charge >= 0.3 is 0 Å². The second-order valence-electron chi connectivity index (χ2n) is 7.26. The number of aliphatic hydroxyl groups excluding tert-OH is 1. The first kappa shape index (κ1) is 16.4. The molecule has 3 atom stereocenters. The second kappa shape index (κ2) is 5.36. The molecule has 1 amide bonds. The molecule has 0 aromatic rings. The van der Waals surface area contributed by atoms with Gasteiger partial charge in [-0.3, -0.25) is 4.79 Å². The predicted octanol–water partition coefficient (Wildman–Crippen LogP) is 1.90. The molecule has 0 saturated carbocycles. The Labute approximate surface area is 117 Å². The zero-order chi connectivity index (χ0) is 15.0. The number of aldehydes is 1. The minimum atomic E-state index is -1.82. The highest BCUT2D eigenvalue weighted by molar-refractivity contribution is 6.85. The fourth-order valence-corrected chi connectivity index (χ4v) is 5.89. The average molecular weight is 285 g/mol. The van der Waals surface area contributed by atoms with Gasteiger partial charge in [-0.05, 0) is 5.04 Å². The van der Waals surface area contributed by atoms with Gasteiger partial charge in [0.1, 0.15) is 6.29 Å². The number of rotatable bonds is 5. The van der Waals surface area contributed by atoms with Crippen LogP contribution in [-0.2, 0) is 9.59 Å². The van der Waals surface area contributed by atoms with Crippen LogP contribution in [0.4, 0.5) is 0 Å². The maximum absolute atomic E-state index is 12.4. The lowest BCUT2D eigenvalue weighted by molar-refractivity contribution is -0.151. The maximum Gasteiger partial charge on any atom is 0.225 e. The molecule has 5 heteroatoms. The van der Waals surface area contributed by atoms with E-state index >= 15 is 0 Å². The fourth-order valence-electron chi connectivity index (χ4n) is 2.81. The Kier molecular flexibility index (Phi) is 4.62. The van der Waals surface area contributed by atoms with Crippen LogP contribution in [-0.4, -0.2) is 49.5 Å². The lowest BCUT2D eigenvalue weighted by Gasteiger charge is -2.57. The Morgan fingerprint density at radius 1 is 1.42 bits per heavy atom. The van der Waals surface area contributed by atoms with Crippen LogP contribution in [0, 0.1) is 5.92 Å². The first-order valence-electron chi connectivity index (χ1n) is 6.94. The van der Waals surface area contributed by atoms with Gasteiger partial charge < -0.3 is 14.8 Å². The van der Waals surface area contributed by atoms with E-state index in [1.54, 1.807) is 4.90 Å². The van der Waals surface area contributed by atoms with Crippen LogP contribution in [0.1, 0.15) is 27.7 Å². The summed E-state index contributed by atoms with van der Waals surface area (Å²) in [5.74, 6) is 0.126. The number of nitrogens with zero attached hydrogens (tertiary/aromatic N) is 1. The molecule has 0 aromatic heterocycles. The van der Waals surface area contributed by atoms with Crippen LogP contribution >= 0.6 is 0 Å². The lowest BCUT2D eigenvalue weighted by atomic mass is 9.89. The molecule has 110 valence electrons. The summed E-state index contributed by atoms with van der Waals surface area (Å²) in [7, 11) is -1.82. The Morgan fingerprint density at radius 2 is 1.95 bits per heavy atom. The summed E-state index contributed by atoms with van der Waals surface area (Å²) in [4.78, 5) is 24.8. The van der Waals surface area contributed by atoms with Crippen molar-refractivity contribution < 1.29 is 14.7 Å². The molecule has 19 heavy (non-hydrogen) atoms. The number of carbonyl (C=O) groups is 2. The Bertz CT molecular complexity index is 362. The van der Waals surface area contributed by atoms with E-state index in [1.807, 2.05) is 6.92 Å². The molecule has 0 radical (unpaired) electrons. The number of likely N-dealkylation sites (tertiary alicyclic amines) is 1. The van der Waals surface area contributed by atoms with E-state index in [0.29, 0.717) is 0 Å². The first-order valence-corrected chi connectivity index (χ1v) is 10.0. The van der Waals surface area contributed by atoms with Gasteiger partial charge in [0.15, 0.2) is 0 Å². The quantitative estimate of drug-likeness (QED) is 0.477. The monoisotopic (exact) mass is 285 g/mol. The van der Waals surface area contributed by atoms with Gasteiger partial charge in [-0.15, -0.1) is 0 Å². The molecule has 0 aliphatic carbocycles. The van der Waals surface area contributed by atoms with Crippen molar-refractivity contribution in [3.05, 3.63) is 0 Å². The van der Waals surface area contributed by atoms with E-state index in [1.165, 1.54) is 0 Å². The van der Waals surface area contributed by atoms with Gasteiger partial charge in [0, 0.05) is 18.6 Å². The van der Waals surface area contributed by atoms with Gasteiger partial charge in [0.2, 0.25) is 5.91 Å². The molecule has 1 fully saturated rings. The summed E-state index contributed by atoms with van der Waals surface area (Å²) in [6.07, 6.45) is 0.775. The summed E-state index contributed by atoms with van der Waals surface area (Å²) in [6, 6.07) is 0.0172. The summed E-state index contributed by atoms with van der Waals surface area (Å²) < 4.78 is 0. The van der Waals surface area contributed by atoms with Gasteiger partial charge in [-0.2, -0.15) is 0 Å². The molecule has 3 unspecified atom stereocenters. The molecule has 0 spiro atoms. The smallest absolute Gasteiger partial charge is 0.225 e. The van der Waals surface area contributed by atoms with Gasteiger partial charge in [0.05, 0.1) is 20.2 Å². The molecule has 4 nitrogen and oxygen atoms in total. The van der Waals surface area contributed by atoms with Crippen molar-refractivity contribution >= 4 is 20.3 Å². The van der Waals surface area contributed by atoms with Crippen molar-refractivity contribution in [3.8, 4) is 0 Å². The number of amides is 1. The van der Waals surface area contributed by atoms with Crippen molar-refractivity contribution in [1.82, 2.24) is 4.90 Å². The minimum absolute atomic E-state index is 0.00889. The highest BCUT2D eigenvalue weighted by atomic mass is 28.3. The maximum atomic E-state index is 12.4. The van der Waals surface area contributed by atoms with E-state index in [0.717, 1.165) is 6.29 Å². The molecular formula is C14H27NO3Si. The van der Waals surface area contributed by atoms with E-state index in [4.69, 9.17) is 0 Å². The molecule has 0 bridgehead atoms. The van der Waals surface area contributed by atoms with Crippen molar-refractivity contribution in [2.75, 3.05) is 13.2 Å². The third kappa shape index (κ3) is 2.63.